The van der Waals surface area contributed by atoms with Crippen LogP contribution in [0.4, 0.5) is 0 Å². The fraction of sp³-hybridized carbons (Fsp3) is 0.375. The summed E-state index contributed by atoms with van der Waals surface area (Å²) < 4.78 is 5.05. The average molecular weight is 318 g/mol. The van der Waals surface area contributed by atoms with E-state index in [0.29, 0.717) is 11.7 Å². The zero-order valence-corrected chi connectivity index (χ0v) is 14.0. The topological polar surface area (TPSA) is 61.4 Å². The Morgan fingerprint density at radius 3 is 3.05 bits per heavy atom. The number of aryl methyl sites for hydroxylation is 1. The first-order valence-electron chi connectivity index (χ1n) is 7.33. The molecule has 0 aliphatic heterocycles. The van der Waals surface area contributed by atoms with E-state index in [1.807, 2.05) is 13.1 Å². The molecule has 0 saturated heterocycles. The molecule has 1 heterocycles. The van der Waals surface area contributed by atoms with Gasteiger partial charge in [-0.1, -0.05) is 25.1 Å². The summed E-state index contributed by atoms with van der Waals surface area (Å²) in [5.41, 5.74) is 6.33. The van der Waals surface area contributed by atoms with Crippen molar-refractivity contribution in [3.8, 4) is 0 Å². The van der Waals surface area contributed by atoms with E-state index >= 15 is 0 Å². The first-order valence-corrected chi connectivity index (χ1v) is 7.74. The predicted molar refractivity (Wildman–Crippen MR) is 95.5 cm³/mol. The van der Waals surface area contributed by atoms with Crippen molar-refractivity contribution < 1.29 is 4.74 Å². The highest BCUT2D eigenvalue weighted by Gasteiger charge is 2.05. The van der Waals surface area contributed by atoms with Crippen molar-refractivity contribution in [2.24, 2.45) is 5.10 Å². The molecule has 0 fully saturated rings. The summed E-state index contributed by atoms with van der Waals surface area (Å²) in [4.78, 5) is 3.31. The van der Waals surface area contributed by atoms with Gasteiger partial charge < -0.3 is 15.0 Å². The number of hydrogen-bond acceptors (Lipinski definition) is 3. The highest BCUT2D eigenvalue weighted by atomic mass is 32.1. The van der Waals surface area contributed by atoms with Gasteiger partial charge in [0.25, 0.3) is 0 Å². The minimum Gasteiger partial charge on any atom is -0.383 e. The number of aromatic amines is 1. The lowest BCUT2D eigenvalue weighted by Gasteiger charge is -2.13. The van der Waals surface area contributed by atoms with Crippen molar-refractivity contribution in [1.29, 1.82) is 0 Å². The van der Waals surface area contributed by atoms with Crippen molar-refractivity contribution in [1.82, 2.24) is 15.7 Å². The molecule has 2 aromatic rings. The van der Waals surface area contributed by atoms with E-state index in [4.69, 9.17) is 17.0 Å². The van der Waals surface area contributed by atoms with E-state index in [0.717, 1.165) is 17.4 Å². The molecule has 0 aliphatic carbocycles. The highest BCUT2D eigenvalue weighted by Crippen LogP contribution is 2.20. The number of hydrazone groups is 1. The van der Waals surface area contributed by atoms with Crippen molar-refractivity contribution in [3.05, 3.63) is 35.5 Å². The van der Waals surface area contributed by atoms with Gasteiger partial charge in [-0.05, 0) is 31.1 Å². The Balaban J connectivity index is 2.00. The number of aromatic nitrogens is 1. The molecule has 118 valence electrons. The Kier molecular flexibility index (Phi) is 5.91. The zero-order chi connectivity index (χ0) is 15.9. The fourth-order valence-electron chi connectivity index (χ4n) is 2.35. The van der Waals surface area contributed by atoms with E-state index in [2.05, 4.69) is 46.0 Å². The number of nitrogens with one attached hydrogen (secondary N) is 3. The number of benzene rings is 1. The molecular weight excluding hydrogens is 296 g/mol. The summed E-state index contributed by atoms with van der Waals surface area (Å²) in [6, 6.07) is 6.43. The molecule has 0 bridgehead atoms. The second kappa shape index (κ2) is 7.91. The smallest absolute Gasteiger partial charge is 0.187 e. The maximum absolute atomic E-state index is 5.18. The molecule has 5 nitrogen and oxygen atoms in total. The summed E-state index contributed by atoms with van der Waals surface area (Å²) >= 11 is 5.18. The lowest BCUT2D eigenvalue weighted by molar-refractivity contribution is 0.179. The zero-order valence-electron chi connectivity index (χ0n) is 13.1. The van der Waals surface area contributed by atoms with Gasteiger partial charge in [-0.2, -0.15) is 5.10 Å². The van der Waals surface area contributed by atoms with Crippen molar-refractivity contribution >= 4 is 34.4 Å². The normalized spacial score (nSPS) is 12.7. The van der Waals surface area contributed by atoms with Crippen LogP contribution in [0, 0.1) is 0 Å². The van der Waals surface area contributed by atoms with Crippen LogP contribution < -0.4 is 10.7 Å². The van der Waals surface area contributed by atoms with Gasteiger partial charge in [0, 0.05) is 35.8 Å². The number of ether oxygens (including phenoxy) is 1. The van der Waals surface area contributed by atoms with Crippen LogP contribution in [0.2, 0.25) is 0 Å². The molecule has 1 atom stereocenters. The quantitative estimate of drug-likeness (QED) is 0.435. The Bertz CT molecular complexity index is 665. The number of hydrogen-bond donors (Lipinski definition) is 3. The fourth-order valence-corrected chi connectivity index (χ4v) is 2.60. The Labute approximate surface area is 136 Å². The van der Waals surface area contributed by atoms with Gasteiger partial charge in [-0.25, -0.2) is 0 Å². The average Bonchev–Trinajstić information content (AvgIpc) is 2.90. The molecule has 0 amide bonds. The van der Waals surface area contributed by atoms with Gasteiger partial charge in [-0.15, -0.1) is 0 Å². The number of fused-ring (bicyclic) bond motifs is 1. The summed E-state index contributed by atoms with van der Waals surface area (Å²) in [7, 11) is 1.66. The van der Waals surface area contributed by atoms with Gasteiger partial charge in [0.1, 0.15) is 0 Å². The third-order valence-electron chi connectivity index (χ3n) is 3.38. The maximum atomic E-state index is 5.18. The SMILES string of the molecule is CCc1cccc2c(/C=N/NC(=S)N[C@@H](C)COC)c[nH]c12. The first-order chi connectivity index (χ1) is 10.7. The molecule has 0 spiro atoms. The Hall–Kier alpha value is -1.92. The van der Waals surface area contributed by atoms with Crippen LogP contribution in [0.1, 0.15) is 25.0 Å². The lowest BCUT2D eigenvalue weighted by atomic mass is 10.1. The number of H-pyrrole nitrogens is 1. The molecule has 3 N–H and O–H groups in total. The summed E-state index contributed by atoms with van der Waals surface area (Å²) in [5, 5.41) is 8.93. The molecule has 6 heteroatoms. The van der Waals surface area contributed by atoms with E-state index in [9.17, 15) is 0 Å². The minimum atomic E-state index is 0.139. The molecule has 0 aliphatic rings. The van der Waals surface area contributed by atoms with Crippen LogP contribution in [-0.2, 0) is 11.2 Å². The van der Waals surface area contributed by atoms with Crippen LogP contribution >= 0.6 is 12.2 Å². The number of rotatable bonds is 6. The number of para-hydroxylation sites is 1. The minimum absolute atomic E-state index is 0.139. The first kappa shape index (κ1) is 16.5. The largest absolute Gasteiger partial charge is 0.383 e. The van der Waals surface area contributed by atoms with Crippen molar-refractivity contribution in [3.63, 3.8) is 0 Å². The van der Waals surface area contributed by atoms with Gasteiger partial charge in [0.05, 0.1) is 12.8 Å². The summed E-state index contributed by atoms with van der Waals surface area (Å²) in [6.45, 7) is 4.73. The molecule has 1 aromatic carbocycles. The van der Waals surface area contributed by atoms with Crippen LogP contribution in [0.25, 0.3) is 10.9 Å². The van der Waals surface area contributed by atoms with E-state index in [-0.39, 0.29) is 6.04 Å². The van der Waals surface area contributed by atoms with Gasteiger partial charge in [-0.3, -0.25) is 5.43 Å². The lowest BCUT2D eigenvalue weighted by Crippen LogP contribution is -2.40. The third-order valence-corrected chi connectivity index (χ3v) is 3.59. The van der Waals surface area contributed by atoms with Crippen LogP contribution in [0.15, 0.2) is 29.5 Å². The summed E-state index contributed by atoms with van der Waals surface area (Å²) in [5.74, 6) is 0. The van der Waals surface area contributed by atoms with E-state index in [1.165, 1.54) is 11.1 Å². The second-order valence-corrected chi connectivity index (χ2v) is 5.55. The predicted octanol–water partition coefficient (Wildman–Crippen LogP) is 2.56. The second-order valence-electron chi connectivity index (χ2n) is 5.14. The van der Waals surface area contributed by atoms with Crippen LogP contribution in [0.3, 0.4) is 0 Å². The maximum Gasteiger partial charge on any atom is 0.187 e. The van der Waals surface area contributed by atoms with Gasteiger partial charge in [0.15, 0.2) is 5.11 Å². The highest BCUT2D eigenvalue weighted by molar-refractivity contribution is 7.80. The van der Waals surface area contributed by atoms with Crippen LogP contribution in [-0.4, -0.2) is 36.1 Å². The van der Waals surface area contributed by atoms with Crippen molar-refractivity contribution in [2.45, 2.75) is 26.3 Å². The van der Waals surface area contributed by atoms with Crippen LogP contribution in [0.5, 0.6) is 0 Å². The molecule has 1 aromatic heterocycles. The number of thiocarbonyl (C=S) groups is 1. The summed E-state index contributed by atoms with van der Waals surface area (Å²) in [6.07, 6.45) is 4.73. The molecular formula is C16H22N4OS. The van der Waals surface area contributed by atoms with E-state index < -0.39 is 0 Å². The van der Waals surface area contributed by atoms with Gasteiger partial charge >= 0.3 is 0 Å². The molecule has 0 unspecified atom stereocenters. The Morgan fingerprint density at radius 1 is 1.50 bits per heavy atom. The number of methoxy groups -OCH3 is 1. The van der Waals surface area contributed by atoms with Crippen molar-refractivity contribution in [2.75, 3.05) is 13.7 Å². The molecule has 22 heavy (non-hydrogen) atoms. The molecule has 0 radical (unpaired) electrons. The number of nitrogens with zero attached hydrogens (tertiary/aromatic N) is 1. The molecule has 2 rings (SSSR count). The standard InChI is InChI=1S/C16H22N4OS/c1-4-12-6-5-7-14-13(8-17-15(12)14)9-18-20-16(22)19-11(2)10-21-3/h5-9,11,17H,4,10H2,1-3H3,(H2,19,20,22)/b18-9+/t11-/m0/s1. The third kappa shape index (κ3) is 4.05. The monoisotopic (exact) mass is 318 g/mol. The Morgan fingerprint density at radius 2 is 2.32 bits per heavy atom. The van der Waals surface area contributed by atoms with E-state index in [1.54, 1.807) is 13.3 Å². The molecule has 0 saturated carbocycles. The van der Waals surface area contributed by atoms with Gasteiger partial charge in [0.2, 0.25) is 0 Å².